The zero-order valence-corrected chi connectivity index (χ0v) is 10.5. The first kappa shape index (κ1) is 11.7. The van der Waals surface area contributed by atoms with E-state index in [4.69, 9.17) is 12.2 Å². The van der Waals surface area contributed by atoms with Gasteiger partial charge in [0.25, 0.3) is 5.56 Å². The van der Waals surface area contributed by atoms with Crippen molar-refractivity contribution in [2.45, 2.75) is 26.9 Å². The van der Waals surface area contributed by atoms with Crippen LogP contribution in [-0.2, 0) is 13.1 Å². The Kier molecular flexibility index (Phi) is 3.19. The fourth-order valence-corrected chi connectivity index (χ4v) is 1.86. The molecule has 2 aromatic heterocycles. The molecule has 0 aliphatic carbocycles. The zero-order chi connectivity index (χ0) is 12.4. The number of hydrogen-bond acceptors (Lipinski definition) is 4. The molecular formula is C10H13N5OS. The maximum atomic E-state index is 11.4. The monoisotopic (exact) mass is 251 g/mol. The highest BCUT2D eigenvalue weighted by Gasteiger charge is 2.10. The van der Waals surface area contributed by atoms with Crippen LogP contribution in [0.5, 0.6) is 0 Å². The Labute approximate surface area is 103 Å². The van der Waals surface area contributed by atoms with Gasteiger partial charge in [-0.15, -0.1) is 0 Å². The quantitative estimate of drug-likeness (QED) is 0.832. The Bertz CT molecular complexity index is 639. The summed E-state index contributed by atoms with van der Waals surface area (Å²) in [4.78, 5) is 11.4. The summed E-state index contributed by atoms with van der Waals surface area (Å²) in [7, 11) is 0. The van der Waals surface area contributed by atoms with Crippen LogP contribution in [-0.4, -0.2) is 24.5 Å². The van der Waals surface area contributed by atoms with E-state index in [-0.39, 0.29) is 5.56 Å². The van der Waals surface area contributed by atoms with Gasteiger partial charge in [0.2, 0.25) is 0 Å². The summed E-state index contributed by atoms with van der Waals surface area (Å²) in [6.07, 6.45) is 0. The molecule has 0 aliphatic rings. The van der Waals surface area contributed by atoms with E-state index >= 15 is 0 Å². The normalized spacial score (nSPS) is 10.7. The number of hydrogen-bond donors (Lipinski definition) is 1. The number of nitrogens with one attached hydrogen (secondary N) is 1. The van der Waals surface area contributed by atoms with E-state index < -0.39 is 0 Å². The molecule has 0 spiro atoms. The van der Waals surface area contributed by atoms with Crippen LogP contribution in [0.3, 0.4) is 0 Å². The summed E-state index contributed by atoms with van der Waals surface area (Å²) >= 11 is 5.11. The predicted molar refractivity (Wildman–Crippen MR) is 66.3 cm³/mol. The number of rotatable bonds is 3. The average Bonchev–Trinajstić information content (AvgIpc) is 2.71. The largest absolute Gasteiger partial charge is 0.299 e. The van der Waals surface area contributed by atoms with Gasteiger partial charge in [-0.05, 0) is 32.1 Å². The minimum Gasteiger partial charge on any atom is -0.299 e. The third-order valence-corrected chi connectivity index (χ3v) is 2.78. The van der Waals surface area contributed by atoms with Crippen molar-refractivity contribution in [2.75, 3.05) is 0 Å². The molecule has 90 valence electrons. The van der Waals surface area contributed by atoms with Crippen LogP contribution >= 0.6 is 12.2 Å². The maximum Gasteiger partial charge on any atom is 0.266 e. The van der Waals surface area contributed by atoms with E-state index in [1.165, 1.54) is 10.7 Å². The van der Waals surface area contributed by atoms with Gasteiger partial charge in [0.05, 0.1) is 0 Å². The number of aryl methyl sites for hydroxylation is 1. The van der Waals surface area contributed by atoms with E-state index in [0.717, 1.165) is 0 Å². The molecule has 17 heavy (non-hydrogen) atoms. The van der Waals surface area contributed by atoms with Gasteiger partial charge in [0.15, 0.2) is 10.6 Å². The van der Waals surface area contributed by atoms with Crippen LogP contribution in [0.4, 0.5) is 0 Å². The molecular weight excluding hydrogens is 238 g/mol. The second kappa shape index (κ2) is 4.62. The Hall–Kier alpha value is -1.76. The average molecular weight is 251 g/mol. The summed E-state index contributed by atoms with van der Waals surface area (Å²) in [6, 6.07) is 3.15. The van der Waals surface area contributed by atoms with E-state index in [1.54, 1.807) is 6.07 Å². The molecule has 6 nitrogen and oxygen atoms in total. The first-order valence-electron chi connectivity index (χ1n) is 5.41. The van der Waals surface area contributed by atoms with E-state index in [9.17, 15) is 4.79 Å². The topological polar surface area (TPSA) is 68.5 Å². The lowest BCUT2D eigenvalue weighted by Gasteiger charge is -2.05. The molecule has 0 bridgehead atoms. The zero-order valence-electron chi connectivity index (χ0n) is 9.67. The highest BCUT2D eigenvalue weighted by atomic mass is 32.1. The van der Waals surface area contributed by atoms with Gasteiger partial charge < -0.3 is 0 Å². The molecule has 2 heterocycles. The molecule has 0 fully saturated rings. The van der Waals surface area contributed by atoms with Crippen molar-refractivity contribution in [1.29, 1.82) is 0 Å². The van der Waals surface area contributed by atoms with E-state index in [1.807, 2.05) is 18.4 Å². The van der Waals surface area contributed by atoms with Gasteiger partial charge in [-0.3, -0.25) is 14.5 Å². The van der Waals surface area contributed by atoms with Crippen molar-refractivity contribution in [3.8, 4) is 11.5 Å². The fraction of sp³-hybridized carbons (Fsp3) is 0.400. The van der Waals surface area contributed by atoms with Crippen LogP contribution in [0, 0.1) is 4.77 Å². The lowest BCUT2D eigenvalue weighted by molar-refractivity contribution is 0.615. The Morgan fingerprint density at radius 3 is 2.76 bits per heavy atom. The third kappa shape index (κ3) is 2.05. The van der Waals surface area contributed by atoms with Crippen LogP contribution in [0.15, 0.2) is 16.9 Å². The lowest BCUT2D eigenvalue weighted by Crippen LogP contribution is -2.21. The van der Waals surface area contributed by atoms with Gasteiger partial charge in [0.1, 0.15) is 5.69 Å². The SMILES string of the molecule is CCn1nc(-c2n[nH]c(=S)n2CC)ccc1=O. The van der Waals surface area contributed by atoms with Crippen molar-refractivity contribution < 1.29 is 0 Å². The standard InChI is InChI=1S/C10H13N5OS/c1-3-14-9(11-12-10(14)17)7-5-6-8(16)15(4-2)13-7/h5-6H,3-4H2,1-2H3,(H,12,17). The minimum atomic E-state index is -0.117. The van der Waals surface area contributed by atoms with Crippen molar-refractivity contribution >= 4 is 12.2 Å². The van der Waals surface area contributed by atoms with Crippen LogP contribution in [0.1, 0.15) is 13.8 Å². The second-order valence-electron chi connectivity index (χ2n) is 3.47. The third-order valence-electron chi connectivity index (χ3n) is 2.47. The molecule has 7 heteroatoms. The van der Waals surface area contributed by atoms with Gasteiger partial charge >= 0.3 is 0 Å². The van der Waals surface area contributed by atoms with Gasteiger partial charge in [-0.2, -0.15) is 10.2 Å². The fourth-order valence-electron chi connectivity index (χ4n) is 1.60. The predicted octanol–water partition coefficient (Wildman–Crippen LogP) is 1.20. The lowest BCUT2D eigenvalue weighted by atomic mass is 10.3. The van der Waals surface area contributed by atoms with Gasteiger partial charge in [-0.25, -0.2) is 4.68 Å². The van der Waals surface area contributed by atoms with Crippen molar-refractivity contribution in [3.05, 3.63) is 27.3 Å². The van der Waals surface area contributed by atoms with Crippen LogP contribution in [0.2, 0.25) is 0 Å². The molecule has 0 saturated carbocycles. The highest BCUT2D eigenvalue weighted by Crippen LogP contribution is 2.12. The molecule has 0 amide bonds. The van der Waals surface area contributed by atoms with Crippen LogP contribution < -0.4 is 5.56 Å². The van der Waals surface area contributed by atoms with Gasteiger partial charge in [-0.1, -0.05) is 0 Å². The Balaban J connectivity index is 2.60. The number of aromatic amines is 1. The van der Waals surface area contributed by atoms with Crippen molar-refractivity contribution in [2.24, 2.45) is 0 Å². The molecule has 2 aromatic rings. The van der Waals surface area contributed by atoms with Crippen molar-refractivity contribution in [3.63, 3.8) is 0 Å². The summed E-state index contributed by atoms with van der Waals surface area (Å²) < 4.78 is 3.79. The summed E-state index contributed by atoms with van der Waals surface area (Å²) in [5, 5.41) is 11.1. The number of H-pyrrole nitrogens is 1. The van der Waals surface area contributed by atoms with Crippen LogP contribution in [0.25, 0.3) is 11.5 Å². The molecule has 2 rings (SSSR count). The molecule has 0 aliphatic heterocycles. The first-order valence-corrected chi connectivity index (χ1v) is 5.82. The molecule has 0 saturated heterocycles. The summed E-state index contributed by atoms with van der Waals surface area (Å²) in [5.74, 6) is 0.653. The Morgan fingerprint density at radius 1 is 1.35 bits per heavy atom. The molecule has 1 N–H and O–H groups in total. The molecule has 0 atom stereocenters. The Morgan fingerprint density at radius 2 is 2.12 bits per heavy atom. The van der Waals surface area contributed by atoms with Gasteiger partial charge in [0, 0.05) is 19.2 Å². The minimum absolute atomic E-state index is 0.117. The summed E-state index contributed by atoms with van der Waals surface area (Å²) in [5.41, 5.74) is 0.522. The first-order chi connectivity index (χ1) is 8.17. The van der Waals surface area contributed by atoms with E-state index in [2.05, 4.69) is 15.3 Å². The molecule has 0 radical (unpaired) electrons. The summed E-state index contributed by atoms with van der Waals surface area (Å²) in [6.45, 7) is 5.08. The highest BCUT2D eigenvalue weighted by molar-refractivity contribution is 7.71. The maximum absolute atomic E-state index is 11.4. The van der Waals surface area contributed by atoms with E-state index in [0.29, 0.717) is 29.4 Å². The van der Waals surface area contributed by atoms with Crippen molar-refractivity contribution in [1.82, 2.24) is 24.5 Å². The smallest absolute Gasteiger partial charge is 0.266 e. The molecule has 0 unspecified atom stereocenters. The second-order valence-corrected chi connectivity index (χ2v) is 3.86. The number of aromatic nitrogens is 5. The molecule has 0 aromatic carbocycles. The number of nitrogens with zero attached hydrogens (tertiary/aromatic N) is 4.